The smallest absolute Gasteiger partial charge is 0.335 e. The molecule has 0 bridgehead atoms. The van der Waals surface area contributed by atoms with Crippen LogP contribution in [-0.4, -0.2) is 40.5 Å². The molecule has 8 heteroatoms. The first-order valence-corrected chi connectivity index (χ1v) is 10.6. The van der Waals surface area contributed by atoms with E-state index in [9.17, 15) is 19.2 Å². The van der Waals surface area contributed by atoms with Crippen LogP contribution in [0.25, 0.3) is 0 Å². The van der Waals surface area contributed by atoms with Crippen molar-refractivity contribution in [3.8, 4) is 0 Å². The third-order valence-corrected chi connectivity index (χ3v) is 4.78. The molecule has 0 radical (unpaired) electrons. The summed E-state index contributed by atoms with van der Waals surface area (Å²) in [5, 5.41) is 23.5. The van der Waals surface area contributed by atoms with Gasteiger partial charge in [-0.05, 0) is 37.1 Å². The van der Waals surface area contributed by atoms with Crippen molar-refractivity contribution < 1.29 is 29.4 Å². The van der Waals surface area contributed by atoms with Crippen LogP contribution in [0.4, 0.5) is 5.69 Å². The van der Waals surface area contributed by atoms with Gasteiger partial charge < -0.3 is 20.8 Å². The number of rotatable bonds is 16. The van der Waals surface area contributed by atoms with E-state index in [1.165, 1.54) is 18.2 Å². The minimum atomic E-state index is -1.25. The average molecular weight is 433 g/mol. The molecule has 0 fully saturated rings. The molecule has 2 amide bonds. The number of unbranched alkanes of at least 4 members (excludes halogenated alkanes) is 8. The van der Waals surface area contributed by atoms with Gasteiger partial charge in [0.15, 0.2) is 0 Å². The number of amides is 2. The first-order valence-electron chi connectivity index (χ1n) is 10.6. The lowest BCUT2D eigenvalue weighted by atomic mass is 10.1. The molecule has 0 aromatic heterocycles. The van der Waals surface area contributed by atoms with E-state index in [4.69, 9.17) is 10.2 Å². The van der Waals surface area contributed by atoms with E-state index in [1.807, 2.05) is 0 Å². The monoisotopic (exact) mass is 432 g/mol. The molecule has 0 spiro atoms. The molecule has 0 aliphatic carbocycles. The van der Waals surface area contributed by atoms with E-state index in [1.54, 1.807) is 0 Å². The molecule has 0 aliphatic rings. The van der Waals surface area contributed by atoms with Crippen molar-refractivity contribution in [3.05, 3.63) is 42.0 Å². The van der Waals surface area contributed by atoms with Gasteiger partial charge in [-0.15, -0.1) is 0 Å². The van der Waals surface area contributed by atoms with E-state index >= 15 is 0 Å². The number of aromatic carboxylic acids is 2. The molecule has 0 saturated carbocycles. The van der Waals surface area contributed by atoms with Crippen molar-refractivity contribution in [1.82, 2.24) is 5.32 Å². The van der Waals surface area contributed by atoms with Gasteiger partial charge in [-0.3, -0.25) is 9.59 Å². The first kappa shape index (κ1) is 25.9. The number of hydrogen-bond acceptors (Lipinski definition) is 4. The Labute approximate surface area is 182 Å². The van der Waals surface area contributed by atoms with Crippen LogP contribution in [0.2, 0.25) is 0 Å². The maximum absolute atomic E-state index is 12.1. The molecule has 8 nitrogen and oxygen atoms in total. The van der Waals surface area contributed by atoms with Gasteiger partial charge in [0, 0.05) is 18.7 Å². The molecule has 0 unspecified atom stereocenters. The highest BCUT2D eigenvalue weighted by Crippen LogP contribution is 2.17. The standard InChI is InChI=1S/C23H32N2O6/c1-2-20(26)24-13-11-9-7-5-3-4-6-8-10-12-21(27)25-19-15-17(22(28)29)14-18(16-19)23(30)31/h2,14-16H,1,3-13H2,(H,24,26)(H,25,27)(H,28,29)(H,30,31). The Bertz CT molecular complexity index is 743. The van der Waals surface area contributed by atoms with Gasteiger partial charge in [-0.2, -0.15) is 0 Å². The summed E-state index contributed by atoms with van der Waals surface area (Å²) < 4.78 is 0. The molecule has 31 heavy (non-hydrogen) atoms. The number of hydrogen-bond donors (Lipinski definition) is 4. The summed E-state index contributed by atoms with van der Waals surface area (Å²) >= 11 is 0. The molecular weight excluding hydrogens is 400 g/mol. The van der Waals surface area contributed by atoms with Crippen molar-refractivity contribution in [2.45, 2.75) is 64.2 Å². The second-order valence-electron chi connectivity index (χ2n) is 7.38. The van der Waals surface area contributed by atoms with Crippen LogP contribution in [0.5, 0.6) is 0 Å². The molecule has 0 aliphatic heterocycles. The number of carbonyl (C=O) groups is 4. The lowest BCUT2D eigenvalue weighted by Gasteiger charge is -2.08. The second-order valence-corrected chi connectivity index (χ2v) is 7.38. The minimum Gasteiger partial charge on any atom is -0.478 e. The third-order valence-electron chi connectivity index (χ3n) is 4.78. The zero-order chi connectivity index (χ0) is 23.1. The highest BCUT2D eigenvalue weighted by molar-refractivity contribution is 5.98. The molecule has 1 aromatic carbocycles. The molecule has 170 valence electrons. The van der Waals surface area contributed by atoms with Gasteiger partial charge in [-0.25, -0.2) is 9.59 Å². The van der Waals surface area contributed by atoms with E-state index in [-0.39, 0.29) is 28.6 Å². The summed E-state index contributed by atoms with van der Waals surface area (Å²) in [6.07, 6.45) is 10.9. The summed E-state index contributed by atoms with van der Waals surface area (Å²) in [7, 11) is 0. The summed E-state index contributed by atoms with van der Waals surface area (Å²) in [4.78, 5) is 45.3. The Morgan fingerprint density at radius 3 is 1.74 bits per heavy atom. The molecule has 4 N–H and O–H groups in total. The number of anilines is 1. The number of nitrogens with one attached hydrogen (secondary N) is 2. The number of carboxylic acid groups (broad SMARTS) is 2. The predicted molar refractivity (Wildman–Crippen MR) is 118 cm³/mol. The summed E-state index contributed by atoms with van der Waals surface area (Å²) in [6, 6.07) is 3.56. The first-order chi connectivity index (χ1) is 14.8. The van der Waals surface area contributed by atoms with Crippen LogP contribution in [0.1, 0.15) is 84.9 Å². The molecular formula is C23H32N2O6. The Balaban J connectivity index is 2.14. The van der Waals surface area contributed by atoms with E-state index in [0.717, 1.165) is 63.9 Å². The SMILES string of the molecule is C=CC(=O)NCCCCCCCCCCCC(=O)Nc1cc(C(=O)O)cc(C(=O)O)c1. The Morgan fingerprint density at radius 2 is 1.26 bits per heavy atom. The number of carboxylic acids is 2. The van der Waals surface area contributed by atoms with Crippen LogP contribution in [0.15, 0.2) is 30.9 Å². The number of carbonyl (C=O) groups excluding carboxylic acids is 2. The van der Waals surface area contributed by atoms with Crippen molar-refractivity contribution in [1.29, 1.82) is 0 Å². The highest BCUT2D eigenvalue weighted by atomic mass is 16.4. The Morgan fingerprint density at radius 1 is 0.774 bits per heavy atom. The fraction of sp³-hybridized carbons (Fsp3) is 0.478. The van der Waals surface area contributed by atoms with Crippen molar-refractivity contribution in [2.24, 2.45) is 0 Å². The van der Waals surface area contributed by atoms with Crippen LogP contribution in [0, 0.1) is 0 Å². The largest absolute Gasteiger partial charge is 0.478 e. The predicted octanol–water partition coefficient (Wildman–Crippen LogP) is 4.22. The maximum Gasteiger partial charge on any atom is 0.335 e. The van der Waals surface area contributed by atoms with Gasteiger partial charge in [0.25, 0.3) is 0 Å². The summed E-state index contributed by atoms with van der Waals surface area (Å²) in [5.41, 5.74) is -0.195. The second kappa shape index (κ2) is 14.8. The number of benzene rings is 1. The van der Waals surface area contributed by atoms with Gasteiger partial charge >= 0.3 is 11.9 Å². The average Bonchev–Trinajstić information content (AvgIpc) is 2.73. The van der Waals surface area contributed by atoms with Gasteiger partial charge in [0.2, 0.25) is 11.8 Å². The fourth-order valence-corrected chi connectivity index (χ4v) is 3.10. The Kier molecular flexibility index (Phi) is 12.3. The van der Waals surface area contributed by atoms with E-state index in [0.29, 0.717) is 13.0 Å². The van der Waals surface area contributed by atoms with Crippen molar-refractivity contribution in [2.75, 3.05) is 11.9 Å². The zero-order valence-electron chi connectivity index (χ0n) is 17.8. The lowest BCUT2D eigenvalue weighted by Crippen LogP contribution is -2.21. The normalized spacial score (nSPS) is 10.3. The fourth-order valence-electron chi connectivity index (χ4n) is 3.10. The molecule has 0 saturated heterocycles. The van der Waals surface area contributed by atoms with Crippen LogP contribution < -0.4 is 10.6 Å². The molecule has 0 heterocycles. The quantitative estimate of drug-likeness (QED) is 0.228. The minimum absolute atomic E-state index is 0.132. The molecule has 1 aromatic rings. The van der Waals surface area contributed by atoms with Gasteiger partial charge in [0.05, 0.1) is 11.1 Å². The highest BCUT2D eigenvalue weighted by Gasteiger charge is 2.12. The van der Waals surface area contributed by atoms with Crippen molar-refractivity contribution >= 4 is 29.4 Å². The summed E-state index contributed by atoms with van der Waals surface area (Å²) in [5.74, 6) is -2.90. The van der Waals surface area contributed by atoms with Crippen molar-refractivity contribution in [3.63, 3.8) is 0 Å². The lowest BCUT2D eigenvalue weighted by molar-refractivity contribution is -0.117. The maximum atomic E-state index is 12.1. The van der Waals surface area contributed by atoms with Crippen LogP contribution in [-0.2, 0) is 9.59 Å². The third kappa shape index (κ3) is 11.6. The van der Waals surface area contributed by atoms with E-state index in [2.05, 4.69) is 17.2 Å². The zero-order valence-corrected chi connectivity index (χ0v) is 17.8. The van der Waals surface area contributed by atoms with Crippen LogP contribution >= 0.6 is 0 Å². The Hall–Kier alpha value is -3.16. The molecule has 0 atom stereocenters. The molecule has 1 rings (SSSR count). The topological polar surface area (TPSA) is 133 Å². The van der Waals surface area contributed by atoms with Gasteiger partial charge in [0.1, 0.15) is 0 Å². The van der Waals surface area contributed by atoms with Crippen LogP contribution in [0.3, 0.4) is 0 Å². The van der Waals surface area contributed by atoms with E-state index < -0.39 is 11.9 Å². The van der Waals surface area contributed by atoms with Gasteiger partial charge in [-0.1, -0.05) is 51.5 Å². The summed E-state index contributed by atoms with van der Waals surface area (Å²) in [6.45, 7) is 4.09.